The van der Waals surface area contributed by atoms with Gasteiger partial charge in [0.1, 0.15) is 5.75 Å². The van der Waals surface area contributed by atoms with Crippen molar-refractivity contribution in [3.63, 3.8) is 0 Å². The molecule has 100 valence electrons. The predicted molar refractivity (Wildman–Crippen MR) is 73.4 cm³/mol. The fraction of sp³-hybridized carbons (Fsp3) is 0.286. The van der Waals surface area contributed by atoms with Crippen LogP contribution < -0.4 is 4.74 Å². The molecule has 0 aliphatic heterocycles. The van der Waals surface area contributed by atoms with Gasteiger partial charge in [-0.05, 0) is 47.9 Å². The first-order valence-corrected chi connectivity index (χ1v) is 6.27. The number of aromatic nitrogens is 2. The zero-order chi connectivity index (χ0) is 13.8. The number of hydrogen-bond acceptors (Lipinski definition) is 4. The molecule has 0 amide bonds. The molecule has 1 heterocycles. The quantitative estimate of drug-likeness (QED) is 0.874. The maximum absolute atomic E-state index is 10.3. The van der Waals surface area contributed by atoms with Crippen molar-refractivity contribution in [2.24, 2.45) is 0 Å². The average molecular weight is 279 g/mol. The summed E-state index contributed by atoms with van der Waals surface area (Å²) in [6, 6.07) is 7.40. The Morgan fingerprint density at radius 2 is 2.16 bits per heavy atom. The Morgan fingerprint density at radius 1 is 1.37 bits per heavy atom. The Bertz CT molecular complexity index is 575. The summed E-state index contributed by atoms with van der Waals surface area (Å²) in [6.45, 7) is 1.96. The SMILES string of the molecule is COc1cc(C)cc(C(O)Cc2ccnc(Cl)n2)c1. The van der Waals surface area contributed by atoms with E-state index in [1.165, 1.54) is 0 Å². The van der Waals surface area contributed by atoms with E-state index in [0.717, 1.165) is 16.9 Å². The molecule has 1 aromatic carbocycles. The average Bonchev–Trinajstić information content (AvgIpc) is 2.38. The molecule has 0 fully saturated rings. The highest BCUT2D eigenvalue weighted by molar-refractivity contribution is 6.28. The van der Waals surface area contributed by atoms with Gasteiger partial charge in [0.25, 0.3) is 0 Å². The molecule has 2 aromatic rings. The van der Waals surface area contributed by atoms with E-state index < -0.39 is 6.10 Å². The highest BCUT2D eigenvalue weighted by atomic mass is 35.5. The van der Waals surface area contributed by atoms with Crippen LogP contribution in [0.2, 0.25) is 5.28 Å². The Morgan fingerprint density at radius 3 is 2.84 bits per heavy atom. The number of benzene rings is 1. The first kappa shape index (κ1) is 13.8. The van der Waals surface area contributed by atoms with Crippen molar-refractivity contribution in [2.75, 3.05) is 7.11 Å². The van der Waals surface area contributed by atoms with Crippen LogP contribution in [-0.2, 0) is 6.42 Å². The first-order valence-electron chi connectivity index (χ1n) is 5.89. The van der Waals surface area contributed by atoms with E-state index in [9.17, 15) is 5.11 Å². The summed E-state index contributed by atoms with van der Waals surface area (Å²) in [6.07, 6.45) is 1.31. The third-order valence-corrected chi connectivity index (χ3v) is 2.96. The summed E-state index contributed by atoms with van der Waals surface area (Å²) in [5.74, 6) is 0.731. The summed E-state index contributed by atoms with van der Waals surface area (Å²) in [5, 5.41) is 10.4. The number of aryl methyl sites for hydroxylation is 1. The van der Waals surface area contributed by atoms with Crippen molar-refractivity contribution in [1.29, 1.82) is 0 Å². The number of nitrogens with zero attached hydrogens (tertiary/aromatic N) is 2. The van der Waals surface area contributed by atoms with E-state index in [-0.39, 0.29) is 5.28 Å². The van der Waals surface area contributed by atoms with Crippen LogP contribution in [0.4, 0.5) is 0 Å². The Labute approximate surface area is 117 Å². The lowest BCUT2D eigenvalue weighted by Crippen LogP contribution is -2.04. The molecule has 0 aliphatic rings. The number of methoxy groups -OCH3 is 1. The van der Waals surface area contributed by atoms with E-state index >= 15 is 0 Å². The van der Waals surface area contributed by atoms with Crippen LogP contribution in [0, 0.1) is 6.92 Å². The molecule has 4 nitrogen and oxygen atoms in total. The second kappa shape index (κ2) is 5.99. The molecule has 1 N–H and O–H groups in total. The van der Waals surface area contributed by atoms with Crippen molar-refractivity contribution in [1.82, 2.24) is 9.97 Å². The van der Waals surface area contributed by atoms with Crippen LogP contribution in [0.25, 0.3) is 0 Å². The van der Waals surface area contributed by atoms with E-state index in [1.54, 1.807) is 19.4 Å². The standard InChI is InChI=1S/C14H15ClN2O2/c1-9-5-10(7-12(6-9)19-2)13(18)8-11-3-4-16-14(15)17-11/h3-7,13,18H,8H2,1-2H3. The molecule has 0 saturated heterocycles. The van der Waals surface area contributed by atoms with E-state index in [2.05, 4.69) is 9.97 Å². The van der Waals surface area contributed by atoms with Gasteiger partial charge in [-0.3, -0.25) is 0 Å². The number of ether oxygens (including phenoxy) is 1. The van der Waals surface area contributed by atoms with E-state index in [4.69, 9.17) is 16.3 Å². The molecule has 0 bridgehead atoms. The summed E-state index contributed by atoms with van der Waals surface area (Å²) in [5.41, 5.74) is 2.54. The van der Waals surface area contributed by atoms with Gasteiger partial charge in [0.2, 0.25) is 5.28 Å². The normalized spacial score (nSPS) is 12.2. The smallest absolute Gasteiger partial charge is 0.222 e. The van der Waals surface area contributed by atoms with Crippen molar-refractivity contribution in [3.8, 4) is 5.75 Å². The van der Waals surface area contributed by atoms with Crippen molar-refractivity contribution in [3.05, 3.63) is 52.6 Å². The van der Waals surface area contributed by atoms with E-state index in [1.807, 2.05) is 25.1 Å². The summed E-state index contributed by atoms with van der Waals surface area (Å²) >= 11 is 5.72. The second-order valence-electron chi connectivity index (χ2n) is 4.32. The number of rotatable bonds is 4. The van der Waals surface area contributed by atoms with E-state index in [0.29, 0.717) is 12.1 Å². The maximum Gasteiger partial charge on any atom is 0.222 e. The minimum absolute atomic E-state index is 0.187. The zero-order valence-corrected chi connectivity index (χ0v) is 11.6. The van der Waals surface area contributed by atoms with Crippen LogP contribution in [0.5, 0.6) is 5.75 Å². The lowest BCUT2D eigenvalue weighted by Gasteiger charge is -2.13. The van der Waals surface area contributed by atoms with Gasteiger partial charge in [0.05, 0.1) is 13.2 Å². The molecule has 1 aromatic heterocycles. The molecular weight excluding hydrogens is 264 g/mol. The molecular formula is C14H15ClN2O2. The lowest BCUT2D eigenvalue weighted by atomic mass is 10.0. The van der Waals surface area contributed by atoms with Crippen LogP contribution >= 0.6 is 11.6 Å². The molecule has 5 heteroatoms. The number of hydrogen-bond donors (Lipinski definition) is 1. The lowest BCUT2D eigenvalue weighted by molar-refractivity contribution is 0.176. The van der Waals surface area contributed by atoms with Crippen LogP contribution in [-0.4, -0.2) is 22.2 Å². The highest BCUT2D eigenvalue weighted by Crippen LogP contribution is 2.24. The minimum atomic E-state index is -0.653. The number of halogens is 1. The molecule has 19 heavy (non-hydrogen) atoms. The molecule has 2 rings (SSSR count). The summed E-state index contributed by atoms with van der Waals surface area (Å²) in [4.78, 5) is 7.88. The number of aliphatic hydroxyl groups is 1. The number of aliphatic hydroxyl groups excluding tert-OH is 1. The minimum Gasteiger partial charge on any atom is -0.497 e. The molecule has 1 unspecified atom stereocenters. The fourth-order valence-corrected chi connectivity index (χ4v) is 2.05. The summed E-state index contributed by atoms with van der Waals surface area (Å²) < 4.78 is 5.20. The van der Waals surface area contributed by atoms with Gasteiger partial charge in [0.15, 0.2) is 0 Å². The van der Waals surface area contributed by atoms with Crippen LogP contribution in [0.3, 0.4) is 0 Å². The molecule has 0 aliphatic carbocycles. The maximum atomic E-state index is 10.3. The van der Waals surface area contributed by atoms with Gasteiger partial charge < -0.3 is 9.84 Å². The van der Waals surface area contributed by atoms with Gasteiger partial charge >= 0.3 is 0 Å². The van der Waals surface area contributed by atoms with Gasteiger partial charge in [-0.15, -0.1) is 0 Å². The zero-order valence-electron chi connectivity index (χ0n) is 10.8. The van der Waals surface area contributed by atoms with Crippen molar-refractivity contribution >= 4 is 11.6 Å². The molecule has 0 radical (unpaired) electrons. The van der Waals surface area contributed by atoms with Crippen LogP contribution in [0.15, 0.2) is 30.5 Å². The Balaban J connectivity index is 2.20. The van der Waals surface area contributed by atoms with Gasteiger partial charge in [-0.25, -0.2) is 9.97 Å². The Hall–Kier alpha value is -1.65. The fourth-order valence-electron chi connectivity index (χ4n) is 1.89. The predicted octanol–water partition coefficient (Wildman–Crippen LogP) is 2.72. The summed E-state index contributed by atoms with van der Waals surface area (Å²) in [7, 11) is 1.61. The van der Waals surface area contributed by atoms with Crippen molar-refractivity contribution < 1.29 is 9.84 Å². The Kier molecular flexibility index (Phi) is 4.35. The monoisotopic (exact) mass is 278 g/mol. The topological polar surface area (TPSA) is 55.2 Å². The van der Waals surface area contributed by atoms with Gasteiger partial charge in [0, 0.05) is 18.3 Å². The third-order valence-electron chi connectivity index (χ3n) is 2.78. The second-order valence-corrected chi connectivity index (χ2v) is 4.66. The van der Waals surface area contributed by atoms with Crippen molar-refractivity contribution in [2.45, 2.75) is 19.4 Å². The largest absolute Gasteiger partial charge is 0.497 e. The molecule has 0 spiro atoms. The van der Waals surface area contributed by atoms with Crippen LogP contribution in [0.1, 0.15) is 22.9 Å². The highest BCUT2D eigenvalue weighted by Gasteiger charge is 2.12. The van der Waals surface area contributed by atoms with Gasteiger partial charge in [-0.1, -0.05) is 6.07 Å². The molecule has 1 atom stereocenters. The first-order chi connectivity index (χ1) is 9.08. The third kappa shape index (κ3) is 3.66. The molecule has 0 saturated carbocycles. The van der Waals surface area contributed by atoms with Gasteiger partial charge in [-0.2, -0.15) is 0 Å².